The van der Waals surface area contributed by atoms with Crippen molar-refractivity contribution < 1.29 is 13.2 Å². The molecule has 8 nitrogen and oxygen atoms in total. The molecule has 2 heterocycles. The monoisotopic (exact) mass is 271 g/mol. The van der Waals surface area contributed by atoms with Gasteiger partial charge in [0.25, 0.3) is 0 Å². The van der Waals surface area contributed by atoms with Gasteiger partial charge in [0.1, 0.15) is 12.0 Å². The number of amides is 1. The zero-order valence-corrected chi connectivity index (χ0v) is 10.3. The summed E-state index contributed by atoms with van der Waals surface area (Å²) in [4.78, 5) is 20.8. The van der Waals surface area contributed by atoms with Crippen molar-refractivity contribution in [3.05, 3.63) is 12.5 Å². The molecule has 0 saturated carbocycles. The number of anilines is 2. The summed E-state index contributed by atoms with van der Waals surface area (Å²) in [5, 5.41) is 4.97. The fraction of sp³-hybridized carbons (Fsp3) is 0.444. The van der Waals surface area contributed by atoms with Gasteiger partial charge < -0.3 is 10.6 Å². The van der Waals surface area contributed by atoms with Crippen molar-refractivity contribution in [1.82, 2.24) is 9.97 Å². The van der Waals surface area contributed by atoms with Crippen LogP contribution in [-0.4, -0.2) is 36.6 Å². The summed E-state index contributed by atoms with van der Waals surface area (Å²) in [6.07, 6.45) is 2.84. The van der Waals surface area contributed by atoms with Gasteiger partial charge in [-0.3, -0.25) is 4.79 Å². The number of nitrogens with two attached hydrogens (primary N) is 2. The Bertz CT molecular complexity index is 573. The highest BCUT2D eigenvalue weighted by Gasteiger charge is 2.33. The molecule has 0 bridgehead atoms. The summed E-state index contributed by atoms with van der Waals surface area (Å²) in [5.74, 6) is -0.560. The van der Waals surface area contributed by atoms with Gasteiger partial charge >= 0.3 is 0 Å². The molecule has 0 radical (unpaired) electrons. The van der Waals surface area contributed by atoms with Crippen LogP contribution in [0, 0.1) is 5.92 Å². The lowest BCUT2D eigenvalue weighted by molar-refractivity contribution is -0.117. The lowest BCUT2D eigenvalue weighted by Gasteiger charge is -2.17. The molecule has 2 rings (SSSR count). The van der Waals surface area contributed by atoms with Gasteiger partial charge in [0.05, 0.1) is 11.9 Å². The van der Waals surface area contributed by atoms with Crippen LogP contribution < -0.4 is 15.8 Å². The third-order valence-corrected chi connectivity index (χ3v) is 3.62. The molecular formula is C9H13N5O3S. The molecule has 1 saturated heterocycles. The summed E-state index contributed by atoms with van der Waals surface area (Å²) in [6.45, 7) is 0.257. The minimum absolute atomic E-state index is 0.130. The second kappa shape index (κ2) is 4.50. The number of carbonyl (C=O) groups is 1. The van der Waals surface area contributed by atoms with Crippen molar-refractivity contribution in [1.29, 1.82) is 0 Å². The zero-order chi connectivity index (χ0) is 13.3. The molecule has 98 valence electrons. The van der Waals surface area contributed by atoms with Crippen LogP contribution in [0.5, 0.6) is 0 Å². The molecule has 1 aliphatic rings. The number of aromatic nitrogens is 2. The van der Waals surface area contributed by atoms with Crippen molar-refractivity contribution in [3.63, 3.8) is 0 Å². The van der Waals surface area contributed by atoms with Gasteiger partial charge in [-0.15, -0.1) is 0 Å². The molecule has 1 unspecified atom stereocenters. The van der Waals surface area contributed by atoms with Gasteiger partial charge in [-0.25, -0.2) is 23.5 Å². The van der Waals surface area contributed by atoms with Crippen LogP contribution in [0.2, 0.25) is 0 Å². The van der Waals surface area contributed by atoms with Gasteiger partial charge in [-0.05, 0) is 0 Å². The first kappa shape index (κ1) is 12.7. The Morgan fingerprint density at radius 3 is 2.83 bits per heavy atom. The molecule has 1 fully saturated rings. The summed E-state index contributed by atoms with van der Waals surface area (Å²) in [5.41, 5.74) is 6.05. The van der Waals surface area contributed by atoms with Crippen molar-refractivity contribution in [3.8, 4) is 0 Å². The SMILES string of the molecule is Nc1ncncc1N1CC(CS(N)(=O)=O)CC1=O. The third kappa shape index (κ3) is 2.74. The Morgan fingerprint density at radius 2 is 2.22 bits per heavy atom. The molecule has 9 heteroatoms. The first-order valence-electron chi connectivity index (χ1n) is 5.23. The fourth-order valence-corrected chi connectivity index (χ4v) is 2.87. The van der Waals surface area contributed by atoms with Gasteiger partial charge in [0.15, 0.2) is 5.82 Å². The first-order chi connectivity index (χ1) is 8.37. The van der Waals surface area contributed by atoms with Crippen molar-refractivity contribution in [2.45, 2.75) is 6.42 Å². The molecule has 0 spiro atoms. The van der Waals surface area contributed by atoms with Crippen LogP contribution in [0.3, 0.4) is 0 Å². The highest BCUT2D eigenvalue weighted by molar-refractivity contribution is 7.89. The number of primary sulfonamides is 1. The lowest BCUT2D eigenvalue weighted by atomic mass is 10.1. The van der Waals surface area contributed by atoms with E-state index in [0.717, 1.165) is 0 Å². The number of hydrogen-bond acceptors (Lipinski definition) is 6. The zero-order valence-electron chi connectivity index (χ0n) is 9.48. The quantitative estimate of drug-likeness (QED) is 0.702. The molecule has 1 atom stereocenters. The summed E-state index contributed by atoms with van der Waals surface area (Å²) in [6, 6.07) is 0. The topological polar surface area (TPSA) is 132 Å². The van der Waals surface area contributed by atoms with E-state index < -0.39 is 10.0 Å². The average molecular weight is 271 g/mol. The van der Waals surface area contributed by atoms with Crippen LogP contribution in [-0.2, 0) is 14.8 Å². The normalized spacial score (nSPS) is 20.4. The number of carbonyl (C=O) groups excluding carboxylic acids is 1. The smallest absolute Gasteiger partial charge is 0.227 e. The average Bonchev–Trinajstić information content (AvgIpc) is 2.57. The van der Waals surface area contributed by atoms with E-state index >= 15 is 0 Å². The van der Waals surface area contributed by atoms with Crippen molar-refractivity contribution in [2.24, 2.45) is 11.1 Å². The molecule has 0 aromatic carbocycles. The maximum absolute atomic E-state index is 11.8. The standard InChI is InChI=1S/C9H13N5O3S/c10-9-7(2-12-5-13-9)14-3-6(1-8(14)15)4-18(11,16)17/h2,5-6H,1,3-4H2,(H2,10,12,13)(H2,11,16,17). The summed E-state index contributed by atoms with van der Waals surface area (Å²) >= 11 is 0. The van der Waals surface area contributed by atoms with E-state index in [1.165, 1.54) is 17.4 Å². The molecule has 1 aromatic rings. The lowest BCUT2D eigenvalue weighted by Crippen LogP contribution is -2.28. The number of nitrogen functional groups attached to an aromatic ring is 1. The maximum atomic E-state index is 11.8. The van der Waals surface area contributed by atoms with E-state index in [-0.39, 0.29) is 36.4 Å². The molecule has 0 aliphatic carbocycles. The summed E-state index contributed by atoms with van der Waals surface area (Å²) in [7, 11) is -3.59. The largest absolute Gasteiger partial charge is 0.382 e. The Labute approximate surface area is 104 Å². The molecular weight excluding hydrogens is 258 g/mol. The van der Waals surface area contributed by atoms with Crippen molar-refractivity contribution in [2.75, 3.05) is 22.9 Å². The van der Waals surface area contributed by atoms with E-state index in [9.17, 15) is 13.2 Å². The first-order valence-corrected chi connectivity index (χ1v) is 6.94. The van der Waals surface area contributed by atoms with E-state index in [2.05, 4.69) is 9.97 Å². The molecule has 1 aliphatic heterocycles. The van der Waals surface area contributed by atoms with E-state index in [1.54, 1.807) is 0 Å². The second-order valence-electron chi connectivity index (χ2n) is 4.20. The third-order valence-electron chi connectivity index (χ3n) is 2.69. The van der Waals surface area contributed by atoms with Crippen LogP contribution in [0.1, 0.15) is 6.42 Å². The molecule has 1 aromatic heterocycles. The minimum atomic E-state index is -3.59. The van der Waals surface area contributed by atoms with Gasteiger partial charge in [-0.2, -0.15) is 0 Å². The van der Waals surface area contributed by atoms with Gasteiger partial charge in [0, 0.05) is 18.9 Å². The highest BCUT2D eigenvalue weighted by atomic mass is 32.2. The predicted octanol–water partition coefficient (Wildman–Crippen LogP) is -1.30. The Morgan fingerprint density at radius 1 is 1.50 bits per heavy atom. The van der Waals surface area contributed by atoms with Crippen LogP contribution in [0.4, 0.5) is 11.5 Å². The maximum Gasteiger partial charge on any atom is 0.227 e. The molecule has 18 heavy (non-hydrogen) atoms. The minimum Gasteiger partial charge on any atom is -0.382 e. The van der Waals surface area contributed by atoms with E-state index in [1.807, 2.05) is 0 Å². The van der Waals surface area contributed by atoms with Crippen LogP contribution >= 0.6 is 0 Å². The molecule has 4 N–H and O–H groups in total. The van der Waals surface area contributed by atoms with E-state index in [4.69, 9.17) is 10.9 Å². The number of rotatable bonds is 3. The number of hydrogen-bond donors (Lipinski definition) is 2. The van der Waals surface area contributed by atoms with E-state index in [0.29, 0.717) is 5.69 Å². The highest BCUT2D eigenvalue weighted by Crippen LogP contribution is 2.27. The second-order valence-corrected chi connectivity index (χ2v) is 5.86. The summed E-state index contributed by atoms with van der Waals surface area (Å²) < 4.78 is 22.0. The number of sulfonamides is 1. The Balaban J connectivity index is 2.18. The Kier molecular flexibility index (Phi) is 3.18. The predicted molar refractivity (Wildman–Crippen MR) is 64.9 cm³/mol. The molecule has 1 amide bonds. The van der Waals surface area contributed by atoms with Gasteiger partial charge in [0.2, 0.25) is 15.9 Å². The van der Waals surface area contributed by atoms with Crippen LogP contribution in [0.25, 0.3) is 0 Å². The number of nitrogens with zero attached hydrogens (tertiary/aromatic N) is 3. The fourth-order valence-electron chi connectivity index (χ4n) is 1.99. The Hall–Kier alpha value is -1.74. The van der Waals surface area contributed by atoms with Gasteiger partial charge in [-0.1, -0.05) is 0 Å². The van der Waals surface area contributed by atoms with Crippen molar-refractivity contribution >= 4 is 27.4 Å². The van der Waals surface area contributed by atoms with Crippen LogP contribution in [0.15, 0.2) is 12.5 Å².